The van der Waals surface area contributed by atoms with Crippen LogP contribution in [0.2, 0.25) is 0 Å². The van der Waals surface area contributed by atoms with Crippen LogP contribution in [0.4, 0.5) is 0 Å². The van der Waals surface area contributed by atoms with Crippen LogP contribution in [-0.2, 0) is 12.8 Å². The Bertz CT molecular complexity index is 571. The number of hydrogen-bond acceptors (Lipinski definition) is 1. The third kappa shape index (κ3) is 2.64. The molecule has 1 aliphatic carbocycles. The molecule has 0 aromatic heterocycles. The van der Waals surface area contributed by atoms with E-state index in [1.54, 1.807) is 5.56 Å². The zero-order chi connectivity index (χ0) is 13.9. The molecule has 20 heavy (non-hydrogen) atoms. The molecule has 2 unspecified atom stereocenters. The van der Waals surface area contributed by atoms with Crippen molar-refractivity contribution >= 4 is 0 Å². The summed E-state index contributed by atoms with van der Waals surface area (Å²) in [5.41, 5.74) is 5.85. The van der Waals surface area contributed by atoms with Gasteiger partial charge in [-0.2, -0.15) is 0 Å². The second-order valence-electron chi connectivity index (χ2n) is 5.86. The smallest absolute Gasteiger partial charge is 0.0179 e. The van der Waals surface area contributed by atoms with Crippen molar-refractivity contribution in [2.24, 2.45) is 0 Å². The van der Waals surface area contributed by atoms with Gasteiger partial charge in [-0.05, 0) is 43.0 Å². The number of rotatable bonds is 5. The fourth-order valence-electron chi connectivity index (χ4n) is 3.25. The van der Waals surface area contributed by atoms with E-state index in [0.717, 1.165) is 13.0 Å². The van der Waals surface area contributed by atoms with Crippen LogP contribution in [0.3, 0.4) is 0 Å². The first-order valence-corrected chi connectivity index (χ1v) is 7.64. The minimum Gasteiger partial charge on any atom is -0.313 e. The van der Waals surface area contributed by atoms with Gasteiger partial charge in [0.2, 0.25) is 0 Å². The second-order valence-corrected chi connectivity index (χ2v) is 5.86. The van der Waals surface area contributed by atoms with E-state index >= 15 is 0 Å². The van der Waals surface area contributed by atoms with Crippen LogP contribution in [0.25, 0.3) is 0 Å². The zero-order valence-corrected chi connectivity index (χ0v) is 12.4. The highest BCUT2D eigenvalue weighted by molar-refractivity contribution is 5.41. The maximum absolute atomic E-state index is 3.69. The van der Waals surface area contributed by atoms with E-state index in [2.05, 4.69) is 67.7 Å². The Balaban J connectivity index is 1.75. The molecule has 1 aliphatic rings. The summed E-state index contributed by atoms with van der Waals surface area (Å²) >= 11 is 0. The molecule has 0 saturated carbocycles. The highest BCUT2D eigenvalue weighted by Crippen LogP contribution is 2.38. The van der Waals surface area contributed by atoms with E-state index in [-0.39, 0.29) is 0 Å². The maximum atomic E-state index is 3.69. The minimum atomic E-state index is 0.553. The van der Waals surface area contributed by atoms with Gasteiger partial charge >= 0.3 is 0 Å². The first-order valence-electron chi connectivity index (χ1n) is 7.64. The van der Waals surface area contributed by atoms with Gasteiger partial charge in [0.05, 0.1) is 0 Å². The molecule has 0 amide bonds. The van der Waals surface area contributed by atoms with Gasteiger partial charge in [-0.1, -0.05) is 61.0 Å². The molecular formula is C19H23N. The predicted octanol–water partition coefficient (Wildman–Crippen LogP) is 3.86. The molecule has 104 valence electrons. The highest BCUT2D eigenvalue weighted by Gasteiger charge is 2.32. The average molecular weight is 265 g/mol. The summed E-state index contributed by atoms with van der Waals surface area (Å²) in [5, 5.41) is 3.69. The monoisotopic (exact) mass is 265 g/mol. The van der Waals surface area contributed by atoms with Crippen LogP contribution in [-0.4, -0.2) is 12.6 Å². The highest BCUT2D eigenvalue weighted by atomic mass is 14.9. The third-order valence-electron chi connectivity index (χ3n) is 4.42. The van der Waals surface area contributed by atoms with Crippen LogP contribution in [0, 0.1) is 6.92 Å². The number of benzene rings is 2. The number of likely N-dealkylation sites (N-methyl/N-ethyl adjacent to an activating group) is 1. The fraction of sp³-hybridized carbons (Fsp3) is 0.368. The van der Waals surface area contributed by atoms with E-state index in [4.69, 9.17) is 0 Å². The summed E-state index contributed by atoms with van der Waals surface area (Å²) < 4.78 is 0. The lowest BCUT2D eigenvalue weighted by atomic mass is 9.72. The standard InChI is InChI=1S/C19H23N/c1-3-20-19(12-15-10-8-14(2)9-11-15)18-13-16-6-4-5-7-17(16)18/h4-11,18-20H,3,12-13H2,1-2H3. The van der Waals surface area contributed by atoms with Crippen LogP contribution in [0.1, 0.15) is 35.1 Å². The summed E-state index contributed by atoms with van der Waals surface area (Å²) in [4.78, 5) is 0. The van der Waals surface area contributed by atoms with Gasteiger partial charge in [0.15, 0.2) is 0 Å². The average Bonchev–Trinajstić information content (AvgIpc) is 2.43. The normalized spacial score (nSPS) is 18.2. The molecule has 2 aromatic rings. The quantitative estimate of drug-likeness (QED) is 0.865. The minimum absolute atomic E-state index is 0.553. The fourth-order valence-corrected chi connectivity index (χ4v) is 3.25. The van der Waals surface area contributed by atoms with E-state index in [9.17, 15) is 0 Å². The molecule has 1 N–H and O–H groups in total. The number of hydrogen-bond donors (Lipinski definition) is 1. The summed E-state index contributed by atoms with van der Waals surface area (Å²) in [6, 6.07) is 18.4. The van der Waals surface area contributed by atoms with Gasteiger partial charge < -0.3 is 5.32 Å². The van der Waals surface area contributed by atoms with Gasteiger partial charge in [0, 0.05) is 12.0 Å². The van der Waals surface area contributed by atoms with Gasteiger partial charge in [-0.3, -0.25) is 0 Å². The Labute approximate surface area is 122 Å². The topological polar surface area (TPSA) is 12.0 Å². The molecule has 0 aliphatic heterocycles. The molecule has 3 rings (SSSR count). The van der Waals surface area contributed by atoms with Crippen molar-refractivity contribution in [3.05, 3.63) is 70.8 Å². The van der Waals surface area contributed by atoms with Crippen molar-refractivity contribution in [2.75, 3.05) is 6.54 Å². The molecule has 0 radical (unpaired) electrons. The molecular weight excluding hydrogens is 242 g/mol. The lowest BCUT2D eigenvalue weighted by molar-refractivity contribution is 0.405. The van der Waals surface area contributed by atoms with Crippen molar-refractivity contribution in [2.45, 2.75) is 38.6 Å². The SMILES string of the molecule is CCNC(Cc1ccc(C)cc1)C1Cc2ccccc21. The van der Waals surface area contributed by atoms with Gasteiger partial charge in [0.25, 0.3) is 0 Å². The van der Waals surface area contributed by atoms with E-state index in [1.165, 1.54) is 23.1 Å². The van der Waals surface area contributed by atoms with Crippen molar-refractivity contribution in [3.63, 3.8) is 0 Å². The van der Waals surface area contributed by atoms with Gasteiger partial charge in [0.1, 0.15) is 0 Å². The molecule has 0 spiro atoms. The van der Waals surface area contributed by atoms with Crippen LogP contribution >= 0.6 is 0 Å². The van der Waals surface area contributed by atoms with Crippen LogP contribution in [0.5, 0.6) is 0 Å². The summed E-state index contributed by atoms with van der Waals surface area (Å²) in [5.74, 6) is 0.674. The van der Waals surface area contributed by atoms with Crippen LogP contribution < -0.4 is 5.32 Å². The Hall–Kier alpha value is -1.60. The van der Waals surface area contributed by atoms with E-state index in [0.29, 0.717) is 12.0 Å². The number of aryl methyl sites for hydroxylation is 1. The largest absolute Gasteiger partial charge is 0.313 e. The zero-order valence-electron chi connectivity index (χ0n) is 12.4. The van der Waals surface area contributed by atoms with Crippen molar-refractivity contribution in [1.82, 2.24) is 5.32 Å². The van der Waals surface area contributed by atoms with Crippen molar-refractivity contribution in [1.29, 1.82) is 0 Å². The molecule has 2 atom stereocenters. The first-order chi connectivity index (χ1) is 9.78. The molecule has 0 bridgehead atoms. The van der Waals surface area contributed by atoms with E-state index < -0.39 is 0 Å². The Morgan fingerprint density at radius 2 is 1.85 bits per heavy atom. The number of nitrogens with one attached hydrogen (secondary N) is 1. The Morgan fingerprint density at radius 1 is 1.10 bits per heavy atom. The summed E-state index contributed by atoms with van der Waals surface area (Å²) in [6.45, 7) is 5.38. The molecule has 0 fully saturated rings. The summed E-state index contributed by atoms with van der Waals surface area (Å²) in [7, 11) is 0. The first kappa shape index (κ1) is 13.4. The maximum Gasteiger partial charge on any atom is 0.0179 e. The van der Waals surface area contributed by atoms with Crippen LogP contribution in [0.15, 0.2) is 48.5 Å². The van der Waals surface area contributed by atoms with E-state index in [1.807, 2.05) is 0 Å². The Morgan fingerprint density at radius 3 is 2.55 bits per heavy atom. The van der Waals surface area contributed by atoms with Crippen molar-refractivity contribution in [3.8, 4) is 0 Å². The molecule has 1 nitrogen and oxygen atoms in total. The number of fused-ring (bicyclic) bond motifs is 1. The lowest BCUT2D eigenvalue weighted by Crippen LogP contribution is -2.41. The molecule has 0 heterocycles. The molecule has 1 heteroatoms. The third-order valence-corrected chi connectivity index (χ3v) is 4.42. The van der Waals surface area contributed by atoms with Gasteiger partial charge in [-0.15, -0.1) is 0 Å². The Kier molecular flexibility index (Phi) is 3.88. The molecule has 2 aromatic carbocycles. The summed E-state index contributed by atoms with van der Waals surface area (Å²) in [6.07, 6.45) is 2.34. The predicted molar refractivity (Wildman–Crippen MR) is 85.2 cm³/mol. The lowest BCUT2D eigenvalue weighted by Gasteiger charge is -2.37. The van der Waals surface area contributed by atoms with Crippen molar-refractivity contribution < 1.29 is 0 Å². The van der Waals surface area contributed by atoms with Gasteiger partial charge in [-0.25, -0.2) is 0 Å². The molecule has 0 saturated heterocycles. The second kappa shape index (κ2) is 5.80.